The number of carbonyl (C=O) groups excluding carboxylic acids is 2. The topological polar surface area (TPSA) is 62.3 Å². The van der Waals surface area contributed by atoms with E-state index >= 15 is 0 Å². The molecule has 5 rings (SSSR count). The summed E-state index contributed by atoms with van der Waals surface area (Å²) in [6.45, 7) is 2.17. The van der Waals surface area contributed by atoms with Gasteiger partial charge in [-0.05, 0) is 72.1 Å². The first-order chi connectivity index (χ1) is 15.7. The number of piperidine rings is 1. The van der Waals surface area contributed by atoms with E-state index in [0.717, 1.165) is 61.5 Å². The summed E-state index contributed by atoms with van der Waals surface area (Å²) in [5, 5.41) is 5.23. The first kappa shape index (κ1) is 20.7. The standard InChI is InChI=1S/C27H29N3O2/c31-25(29-14-4-5-20-10-15-28-16-11-20)24-19-27(24)12-17-30(18-13-27)26(32)23-9-3-7-21-6-1-2-8-22(21)23/h1-3,6-11,15-16,24H,4-5,12-14,17-19H2,(H,29,31)/t24-/m0/s1. The van der Waals surface area contributed by atoms with Gasteiger partial charge in [0, 0.05) is 43.5 Å². The van der Waals surface area contributed by atoms with Crippen molar-refractivity contribution in [2.24, 2.45) is 11.3 Å². The van der Waals surface area contributed by atoms with Crippen molar-refractivity contribution in [2.45, 2.75) is 32.1 Å². The second-order valence-electron chi connectivity index (χ2n) is 9.19. The molecule has 1 aliphatic heterocycles. The maximum absolute atomic E-state index is 13.2. The molecule has 1 saturated carbocycles. The van der Waals surface area contributed by atoms with Crippen molar-refractivity contribution in [3.8, 4) is 0 Å². The Kier molecular flexibility index (Phi) is 5.64. The van der Waals surface area contributed by atoms with E-state index in [-0.39, 0.29) is 23.1 Å². The van der Waals surface area contributed by atoms with Crippen LogP contribution in [0, 0.1) is 11.3 Å². The van der Waals surface area contributed by atoms with Gasteiger partial charge in [-0.25, -0.2) is 0 Å². The molecule has 0 radical (unpaired) electrons. The van der Waals surface area contributed by atoms with Crippen molar-refractivity contribution in [1.82, 2.24) is 15.2 Å². The van der Waals surface area contributed by atoms with E-state index in [0.29, 0.717) is 6.54 Å². The maximum atomic E-state index is 13.2. The highest BCUT2D eigenvalue weighted by Crippen LogP contribution is 2.59. The van der Waals surface area contributed by atoms with Gasteiger partial charge in [-0.1, -0.05) is 36.4 Å². The third kappa shape index (κ3) is 4.12. The number of pyridine rings is 1. The Bertz CT molecular complexity index is 1110. The highest BCUT2D eigenvalue weighted by atomic mass is 16.2. The minimum atomic E-state index is 0.102. The summed E-state index contributed by atoms with van der Waals surface area (Å²) in [6.07, 6.45) is 8.28. The second kappa shape index (κ2) is 8.73. The highest BCUT2D eigenvalue weighted by Gasteiger charge is 2.58. The molecule has 1 spiro atoms. The number of amides is 2. The fourth-order valence-electron chi connectivity index (χ4n) is 5.19. The normalized spacial score (nSPS) is 19.1. The van der Waals surface area contributed by atoms with E-state index in [2.05, 4.69) is 10.3 Å². The van der Waals surface area contributed by atoms with Crippen molar-refractivity contribution in [3.63, 3.8) is 0 Å². The molecular formula is C27H29N3O2. The number of rotatable bonds is 6. The summed E-state index contributed by atoms with van der Waals surface area (Å²) in [5.41, 5.74) is 2.13. The van der Waals surface area contributed by atoms with E-state index in [1.165, 1.54) is 5.56 Å². The number of aryl methyl sites for hydroxylation is 1. The molecule has 32 heavy (non-hydrogen) atoms. The molecule has 5 nitrogen and oxygen atoms in total. The predicted molar refractivity (Wildman–Crippen MR) is 125 cm³/mol. The third-order valence-corrected chi connectivity index (χ3v) is 7.26. The first-order valence-electron chi connectivity index (χ1n) is 11.6. The van der Waals surface area contributed by atoms with E-state index in [1.54, 1.807) is 12.4 Å². The maximum Gasteiger partial charge on any atom is 0.254 e. The molecule has 2 aromatic carbocycles. The lowest BCUT2D eigenvalue weighted by Crippen LogP contribution is -2.40. The molecule has 2 heterocycles. The molecule has 3 aromatic rings. The van der Waals surface area contributed by atoms with E-state index in [9.17, 15) is 9.59 Å². The van der Waals surface area contributed by atoms with E-state index < -0.39 is 0 Å². The number of nitrogens with zero attached hydrogens (tertiary/aromatic N) is 2. The zero-order chi connectivity index (χ0) is 22.0. The van der Waals surface area contributed by atoms with Crippen LogP contribution in [-0.2, 0) is 11.2 Å². The molecule has 0 bridgehead atoms. The lowest BCUT2D eigenvalue weighted by atomic mass is 9.90. The van der Waals surface area contributed by atoms with Gasteiger partial charge in [0.15, 0.2) is 0 Å². The molecule has 2 amide bonds. The number of nitrogens with one attached hydrogen (secondary N) is 1. The number of carbonyl (C=O) groups is 2. The van der Waals surface area contributed by atoms with Crippen LogP contribution >= 0.6 is 0 Å². The molecule has 1 aromatic heterocycles. The molecule has 1 atom stereocenters. The van der Waals surface area contributed by atoms with Gasteiger partial charge in [-0.2, -0.15) is 0 Å². The third-order valence-electron chi connectivity index (χ3n) is 7.26. The van der Waals surface area contributed by atoms with Crippen molar-refractivity contribution in [3.05, 3.63) is 78.1 Å². The smallest absolute Gasteiger partial charge is 0.254 e. The van der Waals surface area contributed by atoms with Crippen molar-refractivity contribution in [2.75, 3.05) is 19.6 Å². The number of aromatic nitrogens is 1. The van der Waals surface area contributed by atoms with Crippen LogP contribution in [0.4, 0.5) is 0 Å². The van der Waals surface area contributed by atoms with Crippen LogP contribution in [0.5, 0.6) is 0 Å². The SMILES string of the molecule is O=C(NCCCc1ccncc1)[C@@H]1CC12CCN(C(=O)c1cccc3ccccc13)CC2. The van der Waals surface area contributed by atoms with Gasteiger partial charge in [-0.3, -0.25) is 14.6 Å². The Morgan fingerprint density at radius 3 is 2.56 bits per heavy atom. The fraction of sp³-hybridized carbons (Fsp3) is 0.370. The average molecular weight is 428 g/mol. The quantitative estimate of drug-likeness (QED) is 0.599. The van der Waals surface area contributed by atoms with Crippen molar-refractivity contribution >= 4 is 22.6 Å². The lowest BCUT2D eigenvalue weighted by molar-refractivity contribution is -0.123. The molecule has 164 valence electrons. The Labute approximate surface area is 188 Å². The Balaban J connectivity index is 1.12. The first-order valence-corrected chi connectivity index (χ1v) is 11.6. The summed E-state index contributed by atoms with van der Waals surface area (Å²) in [6, 6.07) is 18.0. The molecule has 1 N–H and O–H groups in total. The molecule has 2 aliphatic rings. The molecule has 5 heteroatoms. The van der Waals surface area contributed by atoms with Gasteiger partial charge in [0.2, 0.25) is 5.91 Å². The minimum absolute atomic E-state index is 0.102. The van der Waals surface area contributed by atoms with Crippen molar-refractivity contribution in [1.29, 1.82) is 0 Å². The summed E-state index contributed by atoms with van der Waals surface area (Å²) < 4.78 is 0. The van der Waals surface area contributed by atoms with Crippen LogP contribution < -0.4 is 5.32 Å². The second-order valence-corrected chi connectivity index (χ2v) is 9.19. The van der Waals surface area contributed by atoms with Crippen LogP contribution in [0.3, 0.4) is 0 Å². The predicted octanol–water partition coefficient (Wildman–Crippen LogP) is 4.23. The largest absolute Gasteiger partial charge is 0.356 e. The van der Waals surface area contributed by atoms with Gasteiger partial charge in [0.1, 0.15) is 0 Å². The minimum Gasteiger partial charge on any atom is -0.356 e. The van der Waals surface area contributed by atoms with Gasteiger partial charge >= 0.3 is 0 Å². The summed E-state index contributed by atoms with van der Waals surface area (Å²) in [5.74, 6) is 0.404. The number of hydrogen-bond donors (Lipinski definition) is 1. The van der Waals surface area contributed by atoms with E-state index in [4.69, 9.17) is 0 Å². The zero-order valence-corrected chi connectivity index (χ0v) is 18.3. The monoisotopic (exact) mass is 427 g/mol. The molecule has 0 unspecified atom stereocenters. The Morgan fingerprint density at radius 2 is 1.75 bits per heavy atom. The van der Waals surface area contributed by atoms with E-state index in [1.807, 2.05) is 59.5 Å². The average Bonchev–Trinajstić information content (AvgIpc) is 3.55. The lowest BCUT2D eigenvalue weighted by Gasteiger charge is -2.33. The van der Waals surface area contributed by atoms with Crippen LogP contribution in [-0.4, -0.2) is 41.3 Å². The number of hydrogen-bond acceptors (Lipinski definition) is 3. The molecular weight excluding hydrogens is 398 g/mol. The van der Waals surface area contributed by atoms with Crippen LogP contribution in [0.1, 0.15) is 41.6 Å². The fourth-order valence-corrected chi connectivity index (χ4v) is 5.19. The summed E-state index contributed by atoms with van der Waals surface area (Å²) in [4.78, 5) is 31.9. The van der Waals surface area contributed by atoms with Gasteiger partial charge < -0.3 is 10.2 Å². The van der Waals surface area contributed by atoms with Gasteiger partial charge in [0.25, 0.3) is 5.91 Å². The molecule has 1 saturated heterocycles. The zero-order valence-electron chi connectivity index (χ0n) is 18.3. The van der Waals surface area contributed by atoms with Gasteiger partial charge in [-0.15, -0.1) is 0 Å². The number of benzene rings is 2. The van der Waals surface area contributed by atoms with Crippen LogP contribution in [0.2, 0.25) is 0 Å². The Hall–Kier alpha value is -3.21. The van der Waals surface area contributed by atoms with Gasteiger partial charge in [0.05, 0.1) is 0 Å². The molecule has 1 aliphatic carbocycles. The Morgan fingerprint density at radius 1 is 1.00 bits per heavy atom. The summed E-state index contributed by atoms with van der Waals surface area (Å²) in [7, 11) is 0. The number of likely N-dealkylation sites (tertiary alicyclic amines) is 1. The molecule has 2 fully saturated rings. The summed E-state index contributed by atoms with van der Waals surface area (Å²) >= 11 is 0. The highest BCUT2D eigenvalue weighted by molar-refractivity contribution is 6.07. The van der Waals surface area contributed by atoms with Crippen LogP contribution in [0.15, 0.2) is 67.0 Å². The number of fused-ring (bicyclic) bond motifs is 1. The van der Waals surface area contributed by atoms with Crippen LogP contribution in [0.25, 0.3) is 10.8 Å². The van der Waals surface area contributed by atoms with Crippen molar-refractivity contribution < 1.29 is 9.59 Å².